The Bertz CT molecular complexity index is 619. The van der Waals surface area contributed by atoms with Gasteiger partial charge in [0.25, 0.3) is 0 Å². The highest BCUT2D eigenvalue weighted by molar-refractivity contribution is 6.31. The first kappa shape index (κ1) is 15.1. The third-order valence-electron chi connectivity index (χ3n) is 3.73. The number of nitrogens with zero attached hydrogens (tertiary/aromatic N) is 2. The van der Waals surface area contributed by atoms with E-state index in [-0.39, 0.29) is 0 Å². The summed E-state index contributed by atoms with van der Waals surface area (Å²) in [6.07, 6.45) is 0.689. The fraction of sp³-hybridized carbons (Fsp3) is 0.438. The number of aliphatic hydroxyl groups is 1. The molecule has 0 aliphatic heterocycles. The van der Waals surface area contributed by atoms with Gasteiger partial charge in [0, 0.05) is 13.5 Å². The highest BCUT2D eigenvalue weighted by Crippen LogP contribution is 2.22. The summed E-state index contributed by atoms with van der Waals surface area (Å²) < 4.78 is 1.75. The lowest BCUT2D eigenvalue weighted by molar-refractivity contribution is 0.173. The molecular formula is C16H21ClN2O. The van der Waals surface area contributed by atoms with Crippen molar-refractivity contribution in [3.8, 4) is 0 Å². The van der Waals surface area contributed by atoms with E-state index in [2.05, 4.69) is 37.1 Å². The van der Waals surface area contributed by atoms with E-state index in [0.717, 1.165) is 17.0 Å². The van der Waals surface area contributed by atoms with Gasteiger partial charge < -0.3 is 5.11 Å². The minimum atomic E-state index is -0.454. The molecule has 0 aliphatic carbocycles. The average Bonchev–Trinajstić information content (AvgIpc) is 2.61. The standard InChI is InChI=1S/C16H21ClN2O/c1-10-5-6-13(7-11(10)2)8-14(20)9-15-16(17)12(3)18-19(15)4/h5-7,14,20H,8-9H2,1-4H3. The van der Waals surface area contributed by atoms with Gasteiger partial charge in [0.1, 0.15) is 0 Å². The zero-order valence-electron chi connectivity index (χ0n) is 12.4. The summed E-state index contributed by atoms with van der Waals surface area (Å²) in [5.41, 5.74) is 5.37. The fourth-order valence-electron chi connectivity index (χ4n) is 2.40. The third-order valence-corrected chi connectivity index (χ3v) is 4.22. The molecule has 1 heterocycles. The summed E-state index contributed by atoms with van der Waals surface area (Å²) in [7, 11) is 1.86. The Morgan fingerprint density at radius 3 is 2.45 bits per heavy atom. The summed E-state index contributed by atoms with van der Waals surface area (Å²) in [4.78, 5) is 0. The van der Waals surface area contributed by atoms with Crippen LogP contribution in [0.15, 0.2) is 18.2 Å². The fourth-order valence-corrected chi connectivity index (χ4v) is 2.64. The van der Waals surface area contributed by atoms with Crippen LogP contribution in [0.3, 0.4) is 0 Å². The van der Waals surface area contributed by atoms with Gasteiger partial charge in [0.2, 0.25) is 0 Å². The minimum Gasteiger partial charge on any atom is -0.392 e. The van der Waals surface area contributed by atoms with Gasteiger partial charge in [-0.15, -0.1) is 0 Å². The Hall–Kier alpha value is -1.32. The minimum absolute atomic E-state index is 0.454. The first-order chi connectivity index (χ1) is 9.38. The van der Waals surface area contributed by atoms with Crippen molar-refractivity contribution in [2.45, 2.75) is 39.7 Å². The van der Waals surface area contributed by atoms with Crippen LogP contribution >= 0.6 is 11.6 Å². The van der Waals surface area contributed by atoms with Crippen molar-refractivity contribution in [2.24, 2.45) is 7.05 Å². The molecule has 1 aromatic heterocycles. The SMILES string of the molecule is Cc1ccc(CC(O)Cc2c(Cl)c(C)nn2C)cc1C. The number of aliphatic hydroxyl groups excluding tert-OH is 1. The Morgan fingerprint density at radius 2 is 1.90 bits per heavy atom. The summed E-state index contributed by atoms with van der Waals surface area (Å²) in [5, 5.41) is 15.2. The van der Waals surface area contributed by atoms with Crippen molar-refractivity contribution < 1.29 is 5.11 Å². The summed E-state index contributed by atoms with van der Waals surface area (Å²) in [6, 6.07) is 6.30. The normalized spacial score (nSPS) is 12.7. The molecule has 20 heavy (non-hydrogen) atoms. The van der Waals surface area contributed by atoms with Crippen LogP contribution < -0.4 is 0 Å². The van der Waals surface area contributed by atoms with E-state index in [1.54, 1.807) is 4.68 Å². The lowest BCUT2D eigenvalue weighted by atomic mass is 10.00. The second-order valence-corrected chi connectivity index (χ2v) is 5.83. The van der Waals surface area contributed by atoms with Crippen LogP contribution in [-0.2, 0) is 19.9 Å². The van der Waals surface area contributed by atoms with E-state index in [9.17, 15) is 5.11 Å². The number of halogens is 1. The molecule has 1 aromatic carbocycles. The second kappa shape index (κ2) is 5.98. The van der Waals surface area contributed by atoms with Crippen molar-refractivity contribution in [2.75, 3.05) is 0 Å². The number of hydrogen-bond acceptors (Lipinski definition) is 2. The van der Waals surface area contributed by atoms with Crippen LogP contribution in [0.25, 0.3) is 0 Å². The molecule has 1 atom stereocenters. The maximum Gasteiger partial charge on any atom is 0.0847 e. The second-order valence-electron chi connectivity index (χ2n) is 5.45. The molecule has 2 rings (SSSR count). The molecular weight excluding hydrogens is 272 g/mol. The van der Waals surface area contributed by atoms with Crippen molar-refractivity contribution in [1.29, 1.82) is 0 Å². The molecule has 0 fully saturated rings. The van der Waals surface area contributed by atoms with Crippen molar-refractivity contribution in [1.82, 2.24) is 9.78 Å². The molecule has 1 unspecified atom stereocenters. The Morgan fingerprint density at radius 1 is 1.20 bits per heavy atom. The van der Waals surface area contributed by atoms with Crippen LogP contribution in [0.4, 0.5) is 0 Å². The highest BCUT2D eigenvalue weighted by atomic mass is 35.5. The molecule has 1 N–H and O–H groups in total. The predicted molar refractivity (Wildman–Crippen MR) is 82.3 cm³/mol. The number of benzene rings is 1. The Kier molecular flexibility index (Phi) is 4.51. The smallest absolute Gasteiger partial charge is 0.0847 e. The van der Waals surface area contributed by atoms with Gasteiger partial charge in [0.05, 0.1) is 22.5 Å². The molecule has 0 saturated heterocycles. The third kappa shape index (κ3) is 3.22. The molecule has 0 radical (unpaired) electrons. The zero-order valence-corrected chi connectivity index (χ0v) is 13.2. The lowest BCUT2D eigenvalue weighted by Gasteiger charge is -2.12. The van der Waals surface area contributed by atoms with E-state index >= 15 is 0 Å². The summed E-state index contributed by atoms with van der Waals surface area (Å²) in [6.45, 7) is 6.06. The molecule has 0 aliphatic rings. The van der Waals surface area contributed by atoms with Gasteiger partial charge in [-0.2, -0.15) is 5.10 Å². The molecule has 2 aromatic rings. The van der Waals surface area contributed by atoms with Gasteiger partial charge in [-0.1, -0.05) is 29.8 Å². The van der Waals surface area contributed by atoms with Crippen LogP contribution in [-0.4, -0.2) is 21.0 Å². The van der Waals surface area contributed by atoms with E-state index in [0.29, 0.717) is 17.9 Å². The van der Waals surface area contributed by atoms with Crippen LogP contribution in [0.1, 0.15) is 28.1 Å². The van der Waals surface area contributed by atoms with Gasteiger partial charge in [-0.05, 0) is 43.9 Å². The largest absolute Gasteiger partial charge is 0.392 e. The first-order valence-electron chi connectivity index (χ1n) is 6.80. The molecule has 108 valence electrons. The Balaban J connectivity index is 2.08. The van der Waals surface area contributed by atoms with Crippen LogP contribution in [0.2, 0.25) is 5.02 Å². The highest BCUT2D eigenvalue weighted by Gasteiger charge is 2.15. The van der Waals surface area contributed by atoms with Gasteiger partial charge in [-0.3, -0.25) is 4.68 Å². The summed E-state index contributed by atoms with van der Waals surface area (Å²) >= 11 is 6.21. The molecule has 0 amide bonds. The molecule has 0 bridgehead atoms. The van der Waals surface area contributed by atoms with Crippen molar-refractivity contribution in [3.05, 3.63) is 51.3 Å². The van der Waals surface area contributed by atoms with Gasteiger partial charge in [-0.25, -0.2) is 0 Å². The zero-order chi connectivity index (χ0) is 14.9. The van der Waals surface area contributed by atoms with Gasteiger partial charge >= 0.3 is 0 Å². The number of aryl methyl sites for hydroxylation is 4. The topological polar surface area (TPSA) is 38.1 Å². The van der Waals surface area contributed by atoms with E-state index in [1.165, 1.54) is 11.1 Å². The van der Waals surface area contributed by atoms with Crippen LogP contribution in [0.5, 0.6) is 0 Å². The number of hydrogen-bond donors (Lipinski definition) is 1. The summed E-state index contributed by atoms with van der Waals surface area (Å²) in [5.74, 6) is 0. The predicted octanol–water partition coefficient (Wildman–Crippen LogP) is 3.14. The van der Waals surface area contributed by atoms with Crippen molar-refractivity contribution in [3.63, 3.8) is 0 Å². The van der Waals surface area contributed by atoms with Gasteiger partial charge in [0.15, 0.2) is 0 Å². The number of rotatable bonds is 4. The maximum atomic E-state index is 10.3. The van der Waals surface area contributed by atoms with E-state index in [4.69, 9.17) is 11.6 Å². The van der Waals surface area contributed by atoms with Crippen LogP contribution in [0, 0.1) is 20.8 Å². The quantitative estimate of drug-likeness (QED) is 0.940. The average molecular weight is 293 g/mol. The molecule has 3 nitrogen and oxygen atoms in total. The maximum absolute atomic E-state index is 10.3. The first-order valence-corrected chi connectivity index (χ1v) is 7.18. The lowest BCUT2D eigenvalue weighted by Crippen LogP contribution is -2.16. The molecule has 0 saturated carbocycles. The monoisotopic (exact) mass is 292 g/mol. The van der Waals surface area contributed by atoms with Crippen molar-refractivity contribution >= 4 is 11.6 Å². The molecule has 4 heteroatoms. The Labute approximate surface area is 125 Å². The number of aromatic nitrogens is 2. The van der Waals surface area contributed by atoms with E-state index in [1.807, 2.05) is 14.0 Å². The molecule has 0 spiro atoms. The van der Waals surface area contributed by atoms with E-state index < -0.39 is 6.10 Å².